The zero-order valence-corrected chi connectivity index (χ0v) is 10.9. The maximum atomic E-state index is 13.3. The maximum absolute atomic E-state index is 13.3. The average Bonchev–Trinajstić information content (AvgIpc) is 1.52. The molecule has 0 aromatic carbocycles. The molecule has 0 spiro atoms. The van der Waals surface area contributed by atoms with Crippen molar-refractivity contribution in [2.75, 3.05) is 0 Å². The van der Waals surface area contributed by atoms with Gasteiger partial charge in [-0.05, 0) is 0 Å². The molecule has 0 rings (SSSR count). The van der Waals surface area contributed by atoms with Gasteiger partial charge in [-0.25, -0.2) is 0 Å². The molecule has 0 aromatic rings. The summed E-state index contributed by atoms with van der Waals surface area (Å²) in [4.78, 5) is 0. The molecule has 87 valence electrons. The van der Waals surface area contributed by atoms with Crippen molar-refractivity contribution in [2.45, 2.75) is 52.3 Å². The quantitative estimate of drug-likeness (QED) is 0.513. The molecule has 0 unspecified atom stereocenters. The van der Waals surface area contributed by atoms with Crippen LogP contribution in [0.3, 0.4) is 0 Å². The molecule has 0 amide bonds. The summed E-state index contributed by atoms with van der Waals surface area (Å²) in [6, 6.07) is 0. The first-order chi connectivity index (χ1) is 4.96. The van der Waals surface area contributed by atoms with Crippen molar-refractivity contribution >= 4 is 8.11 Å². The second-order valence-electron chi connectivity index (χ2n) is 4.98. The monoisotopic (exact) mass is 263 g/mol. The third kappa shape index (κ3) is 5.96. The summed E-state index contributed by atoms with van der Waals surface area (Å²) in [5.74, 6) is 0. The van der Waals surface area contributed by atoms with Gasteiger partial charge in [-0.15, -0.1) is 0 Å². The summed E-state index contributed by atoms with van der Waals surface area (Å²) < 4.78 is 31.5. The topological polar surface area (TPSA) is 9.23 Å². The molecule has 0 bridgehead atoms. The molecule has 5 heteroatoms. The van der Waals surface area contributed by atoms with E-state index in [1.165, 1.54) is 20.8 Å². The first-order valence-corrected chi connectivity index (χ1v) is 5.70. The predicted octanol–water partition coefficient (Wildman–Crippen LogP) is 4.03. The first-order valence-electron chi connectivity index (χ1n) is 4.04. The van der Waals surface area contributed by atoms with E-state index in [-0.39, 0.29) is 17.1 Å². The minimum atomic E-state index is -4.54. The SMILES string of the molecule is CC(C)(C)O[PH](F)(F)C(C)(C)C.[Cu]. The van der Waals surface area contributed by atoms with E-state index in [1.807, 2.05) is 0 Å². The van der Waals surface area contributed by atoms with Gasteiger partial charge in [-0.3, -0.25) is 0 Å². The van der Waals surface area contributed by atoms with E-state index in [4.69, 9.17) is 4.52 Å². The number of hydrogen-bond acceptors (Lipinski definition) is 1. The number of rotatable bonds is 1. The molecule has 0 aliphatic carbocycles. The molecule has 13 heavy (non-hydrogen) atoms. The Bertz CT molecular complexity index is 161. The van der Waals surface area contributed by atoms with Gasteiger partial charge in [0.25, 0.3) is 0 Å². The fourth-order valence-corrected chi connectivity index (χ4v) is 1.61. The van der Waals surface area contributed by atoms with Gasteiger partial charge < -0.3 is 0 Å². The molecule has 0 fully saturated rings. The van der Waals surface area contributed by atoms with Gasteiger partial charge in [-0.2, -0.15) is 0 Å². The van der Waals surface area contributed by atoms with E-state index in [9.17, 15) is 8.39 Å². The van der Waals surface area contributed by atoms with Crippen LogP contribution in [0.25, 0.3) is 0 Å². The van der Waals surface area contributed by atoms with Crippen LogP contribution >= 0.6 is 8.11 Å². The normalized spacial score (nSPS) is 15.1. The molecule has 0 saturated carbocycles. The van der Waals surface area contributed by atoms with Crippen molar-refractivity contribution in [1.82, 2.24) is 0 Å². The Hall–Kier alpha value is 0.769. The van der Waals surface area contributed by atoms with E-state index in [0.29, 0.717) is 0 Å². The van der Waals surface area contributed by atoms with Crippen molar-refractivity contribution in [3.05, 3.63) is 0 Å². The van der Waals surface area contributed by atoms with Crippen molar-refractivity contribution in [1.29, 1.82) is 0 Å². The van der Waals surface area contributed by atoms with E-state index in [0.717, 1.165) is 0 Å². The molecule has 0 aliphatic heterocycles. The summed E-state index contributed by atoms with van der Waals surface area (Å²) in [7, 11) is -4.54. The average molecular weight is 264 g/mol. The molecule has 1 nitrogen and oxygen atoms in total. The molecule has 0 heterocycles. The van der Waals surface area contributed by atoms with E-state index in [2.05, 4.69) is 0 Å². The van der Waals surface area contributed by atoms with Gasteiger partial charge in [0.1, 0.15) is 0 Å². The zero-order valence-electron chi connectivity index (χ0n) is 8.97. The molecule has 1 radical (unpaired) electrons. The Morgan fingerprint density at radius 2 is 1.23 bits per heavy atom. The van der Waals surface area contributed by atoms with Gasteiger partial charge in [0.2, 0.25) is 0 Å². The third-order valence-corrected chi connectivity index (χ3v) is 3.92. The van der Waals surface area contributed by atoms with Crippen molar-refractivity contribution < 1.29 is 30.0 Å². The molecular formula is C8H19CuF2OP. The second-order valence-corrected chi connectivity index (χ2v) is 7.72. The maximum Gasteiger partial charge on any atom is 0 e. The zero-order chi connectivity index (χ0) is 10.2. The largest absolute Gasteiger partial charge is 0 e. The van der Waals surface area contributed by atoms with Crippen LogP contribution in [-0.2, 0) is 21.6 Å². The summed E-state index contributed by atoms with van der Waals surface area (Å²) in [6.45, 7) is 9.51. The molecule has 0 atom stereocenters. The van der Waals surface area contributed by atoms with Gasteiger partial charge >= 0.3 is 73.3 Å². The summed E-state index contributed by atoms with van der Waals surface area (Å²) in [5, 5.41) is -1.01. The van der Waals surface area contributed by atoms with Crippen LogP contribution in [0, 0.1) is 0 Å². The third-order valence-electron chi connectivity index (χ3n) is 1.31. The first kappa shape index (κ1) is 16.2. The Morgan fingerprint density at radius 1 is 0.923 bits per heavy atom. The van der Waals surface area contributed by atoms with Crippen molar-refractivity contribution in [3.63, 3.8) is 0 Å². The molecule has 0 aliphatic rings. The van der Waals surface area contributed by atoms with Crippen LogP contribution in [0.1, 0.15) is 41.5 Å². The number of hydrogen-bond donors (Lipinski definition) is 0. The molecular weight excluding hydrogens is 245 g/mol. The van der Waals surface area contributed by atoms with Gasteiger partial charge in [0.15, 0.2) is 0 Å². The minimum absolute atomic E-state index is 0. The Kier molecular flexibility index (Phi) is 5.64. The van der Waals surface area contributed by atoms with E-state index in [1.54, 1.807) is 20.8 Å². The fraction of sp³-hybridized carbons (Fsp3) is 1.00. The predicted molar refractivity (Wildman–Crippen MR) is 51.1 cm³/mol. The van der Waals surface area contributed by atoms with Crippen LogP contribution in [0.15, 0.2) is 0 Å². The van der Waals surface area contributed by atoms with Gasteiger partial charge in [-0.1, -0.05) is 0 Å². The van der Waals surface area contributed by atoms with Crippen LogP contribution in [0.4, 0.5) is 8.39 Å². The summed E-state index contributed by atoms with van der Waals surface area (Å²) >= 11 is 0. The molecule has 0 saturated heterocycles. The summed E-state index contributed by atoms with van der Waals surface area (Å²) in [6.07, 6.45) is 0. The molecule has 0 aromatic heterocycles. The number of halogens is 2. The van der Waals surface area contributed by atoms with Gasteiger partial charge in [0.05, 0.1) is 0 Å². The van der Waals surface area contributed by atoms with Crippen LogP contribution < -0.4 is 0 Å². The van der Waals surface area contributed by atoms with Crippen molar-refractivity contribution in [3.8, 4) is 0 Å². The minimum Gasteiger partial charge on any atom is 0 e. The Balaban J connectivity index is 0. The Labute approximate surface area is 90.8 Å². The van der Waals surface area contributed by atoms with E-state index < -0.39 is 18.9 Å². The summed E-state index contributed by atoms with van der Waals surface area (Å²) in [5.41, 5.74) is -0.747. The van der Waals surface area contributed by atoms with Crippen LogP contribution in [0.5, 0.6) is 0 Å². The second kappa shape index (κ2) is 4.53. The van der Waals surface area contributed by atoms with Crippen LogP contribution in [0.2, 0.25) is 0 Å². The standard InChI is InChI=1S/C8H19F2OP.Cu/c1-7(2,3)11-12(9,10)8(4,5)6;/h12H,1-6H3;. The Morgan fingerprint density at radius 3 is 1.31 bits per heavy atom. The van der Waals surface area contributed by atoms with Crippen molar-refractivity contribution in [2.24, 2.45) is 0 Å². The molecule has 0 N–H and O–H groups in total. The van der Waals surface area contributed by atoms with E-state index >= 15 is 0 Å². The fourth-order valence-electron chi connectivity index (χ4n) is 0.538. The van der Waals surface area contributed by atoms with Gasteiger partial charge in [0, 0.05) is 17.1 Å². The van der Waals surface area contributed by atoms with Crippen LogP contribution in [-0.4, -0.2) is 10.8 Å². The smallest absolute Gasteiger partial charge is 0 e.